The van der Waals surface area contributed by atoms with Crippen LogP contribution in [0.4, 0.5) is 5.69 Å². The zero-order chi connectivity index (χ0) is 26.3. The molecule has 0 spiro atoms. The standard InChI is InChI=1S/C29H27N9O/c1-17-15-38(16-33-17)26-7-8-31-28-22(26)11-24(35-28)27-21-10-23(32-14-25(21)36-37-27)19-9-20(13-30-12-19)34-29(39)18-5-3-2-4-6-18/h7-16,18H,2-6H2,1H3,(H,31,35)(H,34,39)(H,36,37). The fourth-order valence-corrected chi connectivity index (χ4v) is 5.46. The Balaban J connectivity index is 1.22. The summed E-state index contributed by atoms with van der Waals surface area (Å²) >= 11 is 0. The first kappa shape index (κ1) is 23.3. The highest BCUT2D eigenvalue weighted by atomic mass is 16.1. The maximum atomic E-state index is 12.8. The summed E-state index contributed by atoms with van der Waals surface area (Å²) in [6.45, 7) is 1.97. The molecule has 0 radical (unpaired) electrons. The van der Waals surface area contributed by atoms with Gasteiger partial charge in [0.25, 0.3) is 0 Å². The Hall–Kier alpha value is -4.86. The number of fused-ring (bicyclic) bond motifs is 2. The maximum Gasteiger partial charge on any atom is 0.227 e. The van der Waals surface area contributed by atoms with Crippen molar-refractivity contribution < 1.29 is 4.79 Å². The Morgan fingerprint density at radius 1 is 1.03 bits per heavy atom. The minimum atomic E-state index is 0.0758. The molecule has 194 valence electrons. The maximum absolute atomic E-state index is 12.8. The fourth-order valence-electron chi connectivity index (χ4n) is 5.46. The number of anilines is 1. The van der Waals surface area contributed by atoms with Crippen molar-refractivity contribution >= 4 is 33.5 Å². The number of imidazole rings is 1. The van der Waals surface area contributed by atoms with Gasteiger partial charge in [-0.15, -0.1) is 0 Å². The molecular formula is C29H27N9O. The molecule has 0 bridgehead atoms. The highest BCUT2D eigenvalue weighted by molar-refractivity contribution is 5.98. The largest absolute Gasteiger partial charge is 0.338 e. The highest BCUT2D eigenvalue weighted by Crippen LogP contribution is 2.32. The van der Waals surface area contributed by atoms with Crippen molar-refractivity contribution in [2.24, 2.45) is 5.92 Å². The van der Waals surface area contributed by atoms with Gasteiger partial charge in [0.15, 0.2) is 0 Å². The SMILES string of the molecule is Cc1cn(-c2ccnc3[nH]c(-c4n[nH]c5cnc(-c6cncc(NC(=O)C7CCCCC7)c6)cc45)cc23)cn1. The first-order valence-corrected chi connectivity index (χ1v) is 13.2. The fraction of sp³-hybridized carbons (Fsp3) is 0.241. The van der Waals surface area contributed by atoms with E-state index in [9.17, 15) is 4.79 Å². The zero-order valence-electron chi connectivity index (χ0n) is 21.5. The third-order valence-electron chi connectivity index (χ3n) is 7.48. The molecule has 3 N–H and O–H groups in total. The van der Waals surface area contributed by atoms with Gasteiger partial charge in [-0.2, -0.15) is 5.10 Å². The van der Waals surface area contributed by atoms with Crippen LogP contribution in [0.15, 0.2) is 61.6 Å². The van der Waals surface area contributed by atoms with Crippen molar-refractivity contribution in [2.45, 2.75) is 39.0 Å². The predicted octanol–water partition coefficient (Wildman–Crippen LogP) is 5.58. The Morgan fingerprint density at radius 3 is 2.77 bits per heavy atom. The van der Waals surface area contributed by atoms with Crippen LogP contribution in [0.1, 0.15) is 37.8 Å². The number of H-pyrrole nitrogens is 2. The molecule has 0 aliphatic heterocycles. The average molecular weight is 518 g/mol. The van der Waals surface area contributed by atoms with Gasteiger partial charge in [0.1, 0.15) is 11.3 Å². The molecule has 1 aliphatic carbocycles. The number of carbonyl (C=O) groups excluding carboxylic acids is 1. The van der Waals surface area contributed by atoms with E-state index in [0.717, 1.165) is 81.6 Å². The zero-order valence-corrected chi connectivity index (χ0v) is 21.5. The molecule has 1 fully saturated rings. The van der Waals surface area contributed by atoms with Crippen molar-refractivity contribution in [3.8, 4) is 28.3 Å². The lowest BCUT2D eigenvalue weighted by Gasteiger charge is -2.20. The molecule has 7 rings (SSSR count). The van der Waals surface area contributed by atoms with Crippen molar-refractivity contribution in [2.75, 3.05) is 5.32 Å². The van der Waals surface area contributed by atoms with Crippen LogP contribution in [0.2, 0.25) is 0 Å². The molecule has 6 aromatic rings. The van der Waals surface area contributed by atoms with E-state index in [1.165, 1.54) is 6.42 Å². The van der Waals surface area contributed by atoms with Crippen LogP contribution in [-0.4, -0.2) is 45.6 Å². The van der Waals surface area contributed by atoms with Crippen LogP contribution >= 0.6 is 0 Å². The van der Waals surface area contributed by atoms with Gasteiger partial charge in [-0.3, -0.25) is 19.9 Å². The van der Waals surface area contributed by atoms with Crippen molar-refractivity contribution in [1.29, 1.82) is 0 Å². The van der Waals surface area contributed by atoms with E-state index in [1.807, 2.05) is 35.9 Å². The summed E-state index contributed by atoms with van der Waals surface area (Å²) in [7, 11) is 0. The monoisotopic (exact) mass is 517 g/mol. The molecule has 1 amide bonds. The van der Waals surface area contributed by atoms with E-state index in [4.69, 9.17) is 0 Å². The van der Waals surface area contributed by atoms with E-state index in [2.05, 4.69) is 46.5 Å². The predicted molar refractivity (Wildman–Crippen MR) is 149 cm³/mol. The van der Waals surface area contributed by atoms with Crippen LogP contribution in [0.5, 0.6) is 0 Å². The molecule has 10 nitrogen and oxygen atoms in total. The number of nitrogens with one attached hydrogen (secondary N) is 3. The van der Waals surface area contributed by atoms with Gasteiger partial charge in [0.05, 0.1) is 52.7 Å². The number of aryl methyl sites for hydroxylation is 1. The third-order valence-corrected chi connectivity index (χ3v) is 7.48. The van der Waals surface area contributed by atoms with Crippen LogP contribution in [0.25, 0.3) is 50.3 Å². The minimum absolute atomic E-state index is 0.0758. The topological polar surface area (TPSA) is 130 Å². The van der Waals surface area contributed by atoms with E-state index in [1.54, 1.807) is 31.1 Å². The first-order chi connectivity index (χ1) is 19.1. The molecule has 39 heavy (non-hydrogen) atoms. The van der Waals surface area contributed by atoms with E-state index in [0.29, 0.717) is 5.69 Å². The molecule has 0 saturated heterocycles. The second-order valence-corrected chi connectivity index (χ2v) is 10.2. The van der Waals surface area contributed by atoms with Gasteiger partial charge in [-0.05, 0) is 44.0 Å². The van der Waals surface area contributed by atoms with Gasteiger partial charge >= 0.3 is 0 Å². The first-order valence-electron chi connectivity index (χ1n) is 13.2. The smallest absolute Gasteiger partial charge is 0.227 e. The Kier molecular flexibility index (Phi) is 5.65. The van der Waals surface area contributed by atoms with Gasteiger partial charge < -0.3 is 14.9 Å². The summed E-state index contributed by atoms with van der Waals surface area (Å²) in [5, 5.41) is 12.6. The van der Waals surface area contributed by atoms with Gasteiger partial charge in [-0.1, -0.05) is 19.3 Å². The number of pyridine rings is 3. The molecule has 0 atom stereocenters. The highest BCUT2D eigenvalue weighted by Gasteiger charge is 2.21. The van der Waals surface area contributed by atoms with Gasteiger partial charge in [0, 0.05) is 40.8 Å². The summed E-state index contributed by atoms with van der Waals surface area (Å²) < 4.78 is 1.99. The van der Waals surface area contributed by atoms with Crippen LogP contribution in [0.3, 0.4) is 0 Å². The summed E-state index contributed by atoms with van der Waals surface area (Å²) in [5.74, 6) is 0.154. The molecule has 6 heterocycles. The lowest BCUT2D eigenvalue weighted by Crippen LogP contribution is -2.24. The molecule has 0 aromatic carbocycles. The number of carbonyl (C=O) groups is 1. The molecule has 0 unspecified atom stereocenters. The summed E-state index contributed by atoms with van der Waals surface area (Å²) in [4.78, 5) is 34.1. The molecule has 6 aromatic heterocycles. The summed E-state index contributed by atoms with van der Waals surface area (Å²) in [6, 6.07) is 7.95. The Labute approximate surface area is 223 Å². The van der Waals surface area contributed by atoms with Crippen LogP contribution < -0.4 is 5.32 Å². The van der Waals surface area contributed by atoms with Crippen molar-refractivity contribution in [1.82, 2.24) is 39.7 Å². The van der Waals surface area contributed by atoms with Gasteiger partial charge in [-0.25, -0.2) is 9.97 Å². The van der Waals surface area contributed by atoms with Gasteiger partial charge in [0.2, 0.25) is 5.91 Å². The normalized spacial score (nSPS) is 14.3. The second kappa shape index (κ2) is 9.46. The second-order valence-electron chi connectivity index (χ2n) is 10.2. The summed E-state index contributed by atoms with van der Waals surface area (Å²) in [5.41, 5.74) is 7.39. The quantitative estimate of drug-likeness (QED) is 0.274. The number of aromatic nitrogens is 8. The Morgan fingerprint density at radius 2 is 1.92 bits per heavy atom. The summed E-state index contributed by atoms with van der Waals surface area (Å²) in [6.07, 6.45) is 16.1. The average Bonchev–Trinajstić information content (AvgIpc) is 3.71. The van der Waals surface area contributed by atoms with E-state index in [-0.39, 0.29) is 11.8 Å². The number of hydrogen-bond donors (Lipinski definition) is 3. The van der Waals surface area contributed by atoms with Crippen LogP contribution in [-0.2, 0) is 4.79 Å². The third kappa shape index (κ3) is 4.33. The Bertz CT molecular complexity index is 1820. The van der Waals surface area contributed by atoms with E-state index >= 15 is 0 Å². The molecular weight excluding hydrogens is 490 g/mol. The minimum Gasteiger partial charge on any atom is -0.338 e. The van der Waals surface area contributed by atoms with Crippen molar-refractivity contribution in [3.05, 3.63) is 67.3 Å². The number of amides is 1. The number of aromatic amines is 2. The lowest BCUT2D eigenvalue weighted by atomic mass is 9.88. The lowest BCUT2D eigenvalue weighted by molar-refractivity contribution is -0.120. The molecule has 1 aliphatic rings. The van der Waals surface area contributed by atoms with Crippen LogP contribution in [0, 0.1) is 12.8 Å². The van der Waals surface area contributed by atoms with Crippen molar-refractivity contribution in [3.63, 3.8) is 0 Å². The number of rotatable bonds is 5. The molecule has 10 heteroatoms. The van der Waals surface area contributed by atoms with E-state index < -0.39 is 0 Å². The number of hydrogen-bond acceptors (Lipinski definition) is 6. The molecule has 1 saturated carbocycles. The number of nitrogens with zero attached hydrogens (tertiary/aromatic N) is 6.